The molecule has 3 aliphatic rings. The summed E-state index contributed by atoms with van der Waals surface area (Å²) in [6.45, 7) is 7.93. The Labute approximate surface area is 184 Å². The Hall–Kier alpha value is -1.95. The molecule has 1 atom stereocenters. The molecule has 3 amide bonds. The second-order valence-corrected chi connectivity index (χ2v) is 9.45. The molecule has 3 aliphatic heterocycles. The van der Waals surface area contributed by atoms with Crippen LogP contribution in [0.3, 0.4) is 0 Å². The van der Waals surface area contributed by atoms with Crippen LogP contribution in [0.1, 0.15) is 37.7 Å². The topological polar surface area (TPSA) is 55.9 Å². The molecule has 1 unspecified atom stereocenters. The van der Waals surface area contributed by atoms with Crippen molar-refractivity contribution >= 4 is 29.2 Å². The van der Waals surface area contributed by atoms with Gasteiger partial charge in [0.1, 0.15) is 0 Å². The summed E-state index contributed by atoms with van der Waals surface area (Å²) in [4.78, 5) is 31.4. The third kappa shape index (κ3) is 4.85. The van der Waals surface area contributed by atoms with Crippen LogP contribution in [0.25, 0.3) is 0 Å². The van der Waals surface area contributed by atoms with Crippen molar-refractivity contribution in [3.8, 4) is 0 Å². The van der Waals surface area contributed by atoms with Crippen LogP contribution in [0.2, 0.25) is 5.02 Å². The Morgan fingerprint density at radius 1 is 1.03 bits per heavy atom. The number of amides is 3. The minimum absolute atomic E-state index is 0.0281. The van der Waals surface area contributed by atoms with Crippen LogP contribution in [-0.2, 0) is 4.79 Å². The number of likely N-dealkylation sites (tertiary alicyclic amines) is 2. The van der Waals surface area contributed by atoms with Gasteiger partial charge in [0, 0.05) is 62.4 Å². The number of halogens is 1. The van der Waals surface area contributed by atoms with Crippen molar-refractivity contribution in [1.82, 2.24) is 15.1 Å². The summed E-state index contributed by atoms with van der Waals surface area (Å²) >= 11 is 6.18. The lowest BCUT2D eigenvalue weighted by Gasteiger charge is -2.34. The maximum atomic E-state index is 12.7. The molecule has 3 saturated heterocycles. The summed E-state index contributed by atoms with van der Waals surface area (Å²) in [6.07, 6.45) is 4.84. The highest BCUT2D eigenvalue weighted by Gasteiger charge is 2.31. The van der Waals surface area contributed by atoms with E-state index >= 15 is 0 Å². The summed E-state index contributed by atoms with van der Waals surface area (Å²) in [5, 5.41) is 3.95. The fraction of sp³-hybridized carbons (Fsp3) is 0.652. The highest BCUT2D eigenvalue weighted by atomic mass is 35.5. The molecular formula is C23H33ClN4O2. The predicted octanol–water partition coefficient (Wildman–Crippen LogP) is 3.52. The van der Waals surface area contributed by atoms with Crippen LogP contribution in [0, 0.1) is 18.8 Å². The average molecular weight is 433 g/mol. The monoisotopic (exact) mass is 432 g/mol. The van der Waals surface area contributed by atoms with E-state index < -0.39 is 0 Å². The maximum Gasteiger partial charge on any atom is 0.319 e. The molecule has 1 N–H and O–H groups in total. The first-order valence-electron chi connectivity index (χ1n) is 11.3. The van der Waals surface area contributed by atoms with Gasteiger partial charge in [-0.25, -0.2) is 4.79 Å². The van der Waals surface area contributed by atoms with Gasteiger partial charge in [0.05, 0.1) is 0 Å². The Bertz CT molecular complexity index is 772. The van der Waals surface area contributed by atoms with Crippen LogP contribution in [0.15, 0.2) is 18.2 Å². The SMILES string of the molecule is Cc1ccc(Cl)cc1N1CCC(CNC(=O)C2CCN(C(=O)N3CCCC3)CC2)C1. The van der Waals surface area contributed by atoms with Crippen LogP contribution in [-0.4, -0.2) is 67.6 Å². The first kappa shape index (κ1) is 21.3. The molecule has 30 heavy (non-hydrogen) atoms. The maximum absolute atomic E-state index is 12.7. The Morgan fingerprint density at radius 3 is 2.47 bits per heavy atom. The molecule has 0 aliphatic carbocycles. The van der Waals surface area contributed by atoms with Crippen molar-refractivity contribution in [2.24, 2.45) is 11.8 Å². The minimum Gasteiger partial charge on any atom is -0.371 e. The summed E-state index contributed by atoms with van der Waals surface area (Å²) in [7, 11) is 0. The second kappa shape index (κ2) is 9.46. The molecule has 0 saturated carbocycles. The van der Waals surface area contributed by atoms with Gasteiger partial charge in [-0.15, -0.1) is 0 Å². The minimum atomic E-state index is 0.0281. The van der Waals surface area contributed by atoms with Gasteiger partial charge in [-0.1, -0.05) is 17.7 Å². The van der Waals surface area contributed by atoms with Gasteiger partial charge in [0.15, 0.2) is 0 Å². The van der Waals surface area contributed by atoms with E-state index in [-0.39, 0.29) is 17.9 Å². The number of hydrogen-bond donors (Lipinski definition) is 1. The number of nitrogens with one attached hydrogen (secondary N) is 1. The van der Waals surface area contributed by atoms with Gasteiger partial charge in [-0.2, -0.15) is 0 Å². The van der Waals surface area contributed by atoms with E-state index in [1.165, 1.54) is 11.3 Å². The molecule has 4 rings (SSSR count). The van der Waals surface area contributed by atoms with E-state index in [1.807, 2.05) is 21.9 Å². The average Bonchev–Trinajstić information content (AvgIpc) is 3.46. The Morgan fingerprint density at radius 2 is 1.73 bits per heavy atom. The number of carbonyl (C=O) groups is 2. The quantitative estimate of drug-likeness (QED) is 0.791. The molecule has 7 heteroatoms. The lowest BCUT2D eigenvalue weighted by atomic mass is 9.95. The number of benzene rings is 1. The van der Waals surface area contributed by atoms with E-state index in [1.54, 1.807) is 0 Å². The van der Waals surface area contributed by atoms with Crippen molar-refractivity contribution < 1.29 is 9.59 Å². The number of carbonyl (C=O) groups excluding carboxylic acids is 2. The fourth-order valence-electron chi connectivity index (χ4n) is 4.97. The lowest BCUT2D eigenvalue weighted by molar-refractivity contribution is -0.126. The molecule has 3 heterocycles. The van der Waals surface area contributed by atoms with Gasteiger partial charge in [-0.05, 0) is 62.6 Å². The Balaban J connectivity index is 1.20. The number of rotatable bonds is 4. The number of aryl methyl sites for hydroxylation is 1. The lowest BCUT2D eigenvalue weighted by Crippen LogP contribution is -2.48. The molecule has 0 radical (unpaired) electrons. The summed E-state index contributed by atoms with van der Waals surface area (Å²) in [5.74, 6) is 0.644. The van der Waals surface area contributed by atoms with Crippen LogP contribution >= 0.6 is 11.6 Å². The van der Waals surface area contributed by atoms with Crippen molar-refractivity contribution in [3.05, 3.63) is 28.8 Å². The number of piperidine rings is 1. The van der Waals surface area contributed by atoms with Gasteiger partial charge in [0.2, 0.25) is 5.91 Å². The third-order valence-corrected chi connectivity index (χ3v) is 7.11. The summed E-state index contributed by atoms with van der Waals surface area (Å²) in [5.41, 5.74) is 2.44. The van der Waals surface area contributed by atoms with E-state index in [4.69, 9.17) is 11.6 Å². The van der Waals surface area contributed by atoms with Gasteiger partial charge in [0.25, 0.3) is 0 Å². The summed E-state index contributed by atoms with van der Waals surface area (Å²) in [6, 6.07) is 6.19. The largest absolute Gasteiger partial charge is 0.371 e. The number of hydrogen-bond acceptors (Lipinski definition) is 3. The molecule has 0 bridgehead atoms. The van der Waals surface area contributed by atoms with Gasteiger partial charge >= 0.3 is 6.03 Å². The zero-order chi connectivity index (χ0) is 21.1. The number of anilines is 1. The summed E-state index contributed by atoms with van der Waals surface area (Å²) < 4.78 is 0. The highest BCUT2D eigenvalue weighted by Crippen LogP contribution is 2.29. The van der Waals surface area contributed by atoms with E-state index in [9.17, 15) is 9.59 Å². The molecule has 1 aromatic carbocycles. The second-order valence-electron chi connectivity index (χ2n) is 9.01. The number of nitrogens with zero attached hydrogens (tertiary/aromatic N) is 3. The zero-order valence-corrected chi connectivity index (χ0v) is 18.7. The first-order valence-corrected chi connectivity index (χ1v) is 11.7. The van der Waals surface area contributed by atoms with Crippen molar-refractivity contribution in [1.29, 1.82) is 0 Å². The molecule has 3 fully saturated rings. The molecule has 1 aromatic rings. The molecule has 164 valence electrons. The number of urea groups is 1. The molecule has 6 nitrogen and oxygen atoms in total. The van der Waals surface area contributed by atoms with Crippen LogP contribution in [0.4, 0.5) is 10.5 Å². The molecule has 0 aromatic heterocycles. The zero-order valence-electron chi connectivity index (χ0n) is 17.9. The van der Waals surface area contributed by atoms with Gasteiger partial charge < -0.3 is 20.0 Å². The normalized spacial score (nSPS) is 22.6. The smallest absolute Gasteiger partial charge is 0.319 e. The van der Waals surface area contributed by atoms with Crippen LogP contribution in [0.5, 0.6) is 0 Å². The fourth-order valence-corrected chi connectivity index (χ4v) is 5.14. The predicted molar refractivity (Wildman–Crippen MR) is 120 cm³/mol. The standard InChI is InChI=1S/C23H33ClN4O2/c1-17-4-5-20(24)14-21(17)28-11-6-18(16-28)15-25-22(29)19-7-12-27(13-8-19)23(30)26-9-2-3-10-26/h4-5,14,18-19H,2-3,6-13,15-16H2,1H3,(H,25,29). The molecular weight excluding hydrogens is 400 g/mol. The highest BCUT2D eigenvalue weighted by molar-refractivity contribution is 6.30. The third-order valence-electron chi connectivity index (χ3n) is 6.88. The van der Waals surface area contributed by atoms with Crippen molar-refractivity contribution in [2.45, 2.75) is 39.0 Å². The van der Waals surface area contributed by atoms with E-state index in [2.05, 4.69) is 23.2 Å². The molecule has 0 spiro atoms. The Kier molecular flexibility index (Phi) is 6.71. The van der Waals surface area contributed by atoms with E-state index in [0.717, 1.165) is 69.9 Å². The van der Waals surface area contributed by atoms with Crippen molar-refractivity contribution in [2.75, 3.05) is 50.7 Å². The first-order chi connectivity index (χ1) is 14.5. The van der Waals surface area contributed by atoms with E-state index in [0.29, 0.717) is 19.0 Å². The van der Waals surface area contributed by atoms with Crippen LogP contribution < -0.4 is 10.2 Å². The van der Waals surface area contributed by atoms with Gasteiger partial charge in [-0.3, -0.25) is 4.79 Å². The van der Waals surface area contributed by atoms with Crippen molar-refractivity contribution in [3.63, 3.8) is 0 Å².